The second kappa shape index (κ2) is 7.36. The van der Waals surface area contributed by atoms with Gasteiger partial charge in [-0.1, -0.05) is 21.1 Å². The number of amides is 1. The Morgan fingerprint density at radius 2 is 2.20 bits per heavy atom. The van der Waals surface area contributed by atoms with Crippen LogP contribution in [-0.2, 0) is 18.3 Å². The fourth-order valence-corrected chi connectivity index (χ4v) is 3.36. The minimum atomic E-state index is -0.148. The number of hydrogen-bond acceptors (Lipinski definition) is 7. The van der Waals surface area contributed by atoms with Crippen LogP contribution in [0, 0.1) is 13.8 Å². The van der Waals surface area contributed by atoms with Crippen LogP contribution < -0.4 is 5.32 Å². The lowest BCUT2D eigenvalue weighted by molar-refractivity contribution is -0.115. The molecule has 0 aliphatic carbocycles. The van der Waals surface area contributed by atoms with E-state index in [4.69, 9.17) is 4.52 Å². The van der Waals surface area contributed by atoms with Gasteiger partial charge in [0, 0.05) is 22.0 Å². The standard InChI is InChI=1S/C15H15BrN6O2S/c1-8-11(9(2)24-19-8)7-14(23)17-12-6-10(16)4-5-13(12)25-15-18-20-21-22(15)3/h4-6H,7H2,1-3H3,(H,17,23). The van der Waals surface area contributed by atoms with Crippen molar-refractivity contribution >= 4 is 39.3 Å². The number of hydrogen-bond donors (Lipinski definition) is 1. The normalized spacial score (nSPS) is 10.9. The Labute approximate surface area is 156 Å². The number of rotatable bonds is 5. The van der Waals surface area contributed by atoms with Crippen LogP contribution >= 0.6 is 27.7 Å². The average molecular weight is 423 g/mol. The third-order valence-corrected chi connectivity index (χ3v) is 5.11. The minimum absolute atomic E-state index is 0.148. The molecule has 1 N–H and O–H groups in total. The van der Waals surface area contributed by atoms with E-state index in [0.717, 1.165) is 20.6 Å². The van der Waals surface area contributed by atoms with Gasteiger partial charge in [0.2, 0.25) is 11.1 Å². The van der Waals surface area contributed by atoms with Crippen molar-refractivity contribution in [3.05, 3.63) is 39.7 Å². The van der Waals surface area contributed by atoms with E-state index in [0.29, 0.717) is 16.6 Å². The molecule has 0 bridgehead atoms. The largest absolute Gasteiger partial charge is 0.361 e. The Hall–Kier alpha value is -2.20. The van der Waals surface area contributed by atoms with E-state index in [1.807, 2.05) is 25.1 Å². The summed E-state index contributed by atoms with van der Waals surface area (Å²) in [4.78, 5) is 13.3. The van der Waals surface area contributed by atoms with Crippen molar-refractivity contribution in [3.8, 4) is 0 Å². The van der Waals surface area contributed by atoms with E-state index in [9.17, 15) is 4.79 Å². The van der Waals surface area contributed by atoms with Gasteiger partial charge in [0.05, 0.1) is 17.8 Å². The Bertz CT molecular complexity index is 903. The second-order valence-corrected chi connectivity index (χ2v) is 7.28. The van der Waals surface area contributed by atoms with Gasteiger partial charge in [-0.25, -0.2) is 4.68 Å². The highest BCUT2D eigenvalue weighted by Gasteiger charge is 2.16. The summed E-state index contributed by atoms with van der Waals surface area (Å²) in [5.41, 5.74) is 2.21. The number of aryl methyl sites for hydroxylation is 3. The van der Waals surface area contributed by atoms with Gasteiger partial charge in [0.25, 0.3) is 0 Å². The number of carbonyl (C=O) groups is 1. The molecule has 2 aromatic heterocycles. The van der Waals surface area contributed by atoms with Gasteiger partial charge in [0.15, 0.2) is 0 Å². The van der Waals surface area contributed by atoms with Crippen LogP contribution in [0.4, 0.5) is 5.69 Å². The monoisotopic (exact) mass is 422 g/mol. The van der Waals surface area contributed by atoms with E-state index in [1.165, 1.54) is 11.8 Å². The summed E-state index contributed by atoms with van der Waals surface area (Å²) >= 11 is 4.80. The molecule has 10 heteroatoms. The van der Waals surface area contributed by atoms with E-state index in [1.54, 1.807) is 18.7 Å². The predicted molar refractivity (Wildman–Crippen MR) is 95.4 cm³/mol. The smallest absolute Gasteiger partial charge is 0.229 e. The first kappa shape index (κ1) is 17.6. The summed E-state index contributed by atoms with van der Waals surface area (Å²) in [6, 6.07) is 5.64. The van der Waals surface area contributed by atoms with Crippen molar-refractivity contribution in [1.82, 2.24) is 25.4 Å². The maximum absolute atomic E-state index is 12.5. The number of carbonyl (C=O) groups excluding carboxylic acids is 1. The molecule has 25 heavy (non-hydrogen) atoms. The summed E-state index contributed by atoms with van der Waals surface area (Å²) < 4.78 is 7.54. The van der Waals surface area contributed by atoms with Crippen LogP contribution in [-0.4, -0.2) is 31.3 Å². The third kappa shape index (κ3) is 4.07. The molecule has 1 aromatic carbocycles. The molecule has 2 heterocycles. The summed E-state index contributed by atoms with van der Waals surface area (Å²) in [5, 5.41) is 18.8. The van der Waals surface area contributed by atoms with Gasteiger partial charge in [-0.3, -0.25) is 4.79 Å². The quantitative estimate of drug-likeness (QED) is 0.674. The van der Waals surface area contributed by atoms with Crippen LogP contribution in [0.15, 0.2) is 37.2 Å². The Balaban J connectivity index is 1.80. The van der Waals surface area contributed by atoms with Gasteiger partial charge in [-0.2, -0.15) is 0 Å². The highest BCUT2D eigenvalue weighted by molar-refractivity contribution is 9.10. The molecule has 8 nitrogen and oxygen atoms in total. The number of nitrogens with zero attached hydrogens (tertiary/aromatic N) is 5. The van der Waals surface area contributed by atoms with Crippen molar-refractivity contribution in [1.29, 1.82) is 0 Å². The maximum Gasteiger partial charge on any atom is 0.229 e. The van der Waals surface area contributed by atoms with Crippen LogP contribution in [0.3, 0.4) is 0 Å². The number of benzene rings is 1. The predicted octanol–water partition coefficient (Wildman–Crippen LogP) is 2.91. The Morgan fingerprint density at radius 1 is 1.40 bits per heavy atom. The summed E-state index contributed by atoms with van der Waals surface area (Å²) in [5.74, 6) is 0.507. The van der Waals surface area contributed by atoms with Gasteiger partial charge in [0.1, 0.15) is 5.76 Å². The van der Waals surface area contributed by atoms with Crippen LogP contribution in [0.2, 0.25) is 0 Å². The molecular weight excluding hydrogens is 408 g/mol. The highest BCUT2D eigenvalue weighted by atomic mass is 79.9. The molecule has 3 aromatic rings. The van der Waals surface area contributed by atoms with Crippen molar-refractivity contribution < 1.29 is 9.32 Å². The maximum atomic E-state index is 12.5. The lowest BCUT2D eigenvalue weighted by Crippen LogP contribution is -2.15. The third-order valence-electron chi connectivity index (χ3n) is 3.52. The molecule has 1 amide bonds. The van der Waals surface area contributed by atoms with Crippen LogP contribution in [0.25, 0.3) is 0 Å². The lowest BCUT2D eigenvalue weighted by Gasteiger charge is -2.11. The van der Waals surface area contributed by atoms with Gasteiger partial charge in [-0.05, 0) is 54.2 Å². The molecule has 0 unspecified atom stereocenters. The highest BCUT2D eigenvalue weighted by Crippen LogP contribution is 2.34. The van der Waals surface area contributed by atoms with Gasteiger partial charge in [-0.15, -0.1) is 5.10 Å². The lowest BCUT2D eigenvalue weighted by atomic mass is 10.1. The van der Waals surface area contributed by atoms with Crippen molar-refractivity contribution in [3.63, 3.8) is 0 Å². The molecular formula is C15H15BrN6O2S. The molecule has 0 spiro atoms. The zero-order valence-electron chi connectivity index (χ0n) is 13.8. The molecule has 0 radical (unpaired) electrons. The molecule has 3 rings (SSSR count). The molecule has 130 valence electrons. The topological polar surface area (TPSA) is 98.7 Å². The number of aromatic nitrogens is 5. The van der Waals surface area contributed by atoms with Crippen molar-refractivity contribution in [2.75, 3.05) is 5.32 Å². The Kier molecular flexibility index (Phi) is 5.19. The van der Waals surface area contributed by atoms with E-state index in [2.05, 4.69) is 41.9 Å². The minimum Gasteiger partial charge on any atom is -0.361 e. The van der Waals surface area contributed by atoms with Gasteiger partial charge >= 0.3 is 0 Å². The van der Waals surface area contributed by atoms with E-state index in [-0.39, 0.29) is 12.3 Å². The second-order valence-electron chi connectivity index (χ2n) is 5.36. The van der Waals surface area contributed by atoms with E-state index < -0.39 is 0 Å². The SMILES string of the molecule is Cc1noc(C)c1CC(=O)Nc1cc(Br)ccc1Sc1nnnn1C. The number of nitrogens with one attached hydrogen (secondary N) is 1. The first-order valence-corrected chi connectivity index (χ1v) is 8.96. The average Bonchev–Trinajstić information content (AvgIpc) is 3.10. The zero-order chi connectivity index (χ0) is 18.0. The van der Waals surface area contributed by atoms with Crippen molar-refractivity contribution in [2.45, 2.75) is 30.3 Å². The summed E-state index contributed by atoms with van der Waals surface area (Å²) in [6.45, 7) is 3.62. The fraction of sp³-hybridized carbons (Fsp3) is 0.267. The first-order chi connectivity index (χ1) is 11.9. The van der Waals surface area contributed by atoms with Gasteiger partial charge < -0.3 is 9.84 Å². The molecule has 0 saturated heterocycles. The van der Waals surface area contributed by atoms with E-state index >= 15 is 0 Å². The Morgan fingerprint density at radius 3 is 2.84 bits per heavy atom. The zero-order valence-corrected chi connectivity index (χ0v) is 16.2. The van der Waals surface area contributed by atoms with Crippen molar-refractivity contribution in [2.24, 2.45) is 7.05 Å². The summed E-state index contributed by atoms with van der Waals surface area (Å²) in [6.07, 6.45) is 0.198. The van der Waals surface area contributed by atoms with Crippen LogP contribution in [0.1, 0.15) is 17.0 Å². The number of anilines is 1. The molecule has 0 fully saturated rings. The molecule has 0 aliphatic heterocycles. The van der Waals surface area contributed by atoms with Crippen LogP contribution in [0.5, 0.6) is 0 Å². The number of halogens is 1. The first-order valence-electron chi connectivity index (χ1n) is 7.35. The summed E-state index contributed by atoms with van der Waals surface area (Å²) in [7, 11) is 1.76. The molecule has 0 saturated carbocycles. The fourth-order valence-electron chi connectivity index (χ4n) is 2.20. The molecule has 0 aliphatic rings. The molecule has 0 atom stereocenters. The number of tetrazole rings is 1.